The fraction of sp³-hybridized carbons (Fsp3) is 0.552. The highest BCUT2D eigenvalue weighted by atomic mass is 35.5. The molecule has 37 heavy (non-hydrogen) atoms. The topological polar surface area (TPSA) is 66.1 Å². The molecule has 2 N–H and O–H groups in total. The lowest BCUT2D eigenvalue weighted by molar-refractivity contribution is -0.126. The summed E-state index contributed by atoms with van der Waals surface area (Å²) in [5.41, 5.74) is 2.31. The zero-order valence-electron chi connectivity index (χ0n) is 21.8. The van der Waals surface area contributed by atoms with E-state index in [1.807, 2.05) is 36.4 Å². The number of rotatable bonds is 10. The third kappa shape index (κ3) is 6.77. The lowest BCUT2D eigenvalue weighted by atomic mass is 10.0. The third-order valence-corrected chi connectivity index (χ3v) is 8.08. The van der Waals surface area contributed by atoms with Crippen LogP contribution in [-0.4, -0.2) is 73.3 Å². The van der Waals surface area contributed by atoms with Crippen LogP contribution < -0.4 is 20.1 Å². The molecule has 3 heterocycles. The first kappa shape index (κ1) is 26.3. The van der Waals surface area contributed by atoms with Crippen molar-refractivity contribution >= 4 is 17.5 Å². The van der Waals surface area contributed by atoms with Gasteiger partial charge in [0.1, 0.15) is 0 Å². The lowest BCUT2D eigenvalue weighted by Crippen LogP contribution is -2.51. The van der Waals surface area contributed by atoms with Crippen LogP contribution in [0, 0.1) is 0 Å². The summed E-state index contributed by atoms with van der Waals surface area (Å²) in [7, 11) is 0. The Kier molecular flexibility index (Phi) is 8.87. The molecule has 2 saturated heterocycles. The highest BCUT2D eigenvalue weighted by Crippen LogP contribution is 2.32. The molecule has 2 atom stereocenters. The fourth-order valence-corrected chi connectivity index (χ4v) is 6.13. The van der Waals surface area contributed by atoms with Crippen LogP contribution in [0.4, 0.5) is 0 Å². The Balaban J connectivity index is 1.18. The van der Waals surface area contributed by atoms with E-state index in [1.54, 1.807) is 0 Å². The number of hydrogen-bond acceptors (Lipinski definition) is 6. The molecular formula is C29H39ClN4O3. The van der Waals surface area contributed by atoms with Crippen molar-refractivity contribution in [2.24, 2.45) is 0 Å². The van der Waals surface area contributed by atoms with Gasteiger partial charge in [-0.05, 0) is 87.1 Å². The van der Waals surface area contributed by atoms with E-state index >= 15 is 0 Å². The number of likely N-dealkylation sites (tertiary alicyclic amines) is 2. The zero-order chi connectivity index (χ0) is 25.6. The van der Waals surface area contributed by atoms with Crippen molar-refractivity contribution in [1.82, 2.24) is 20.4 Å². The van der Waals surface area contributed by atoms with Gasteiger partial charge in [-0.15, -0.1) is 0 Å². The molecule has 3 aliphatic rings. The van der Waals surface area contributed by atoms with E-state index in [1.165, 1.54) is 18.5 Å². The van der Waals surface area contributed by atoms with Gasteiger partial charge < -0.3 is 25.0 Å². The Labute approximate surface area is 225 Å². The number of halogens is 1. The Morgan fingerprint density at radius 2 is 1.92 bits per heavy atom. The Morgan fingerprint density at radius 3 is 2.73 bits per heavy atom. The SMILES string of the molecule is CCCN1CCC(N2C[C@@H](NCc3cccc(Cl)c3)C[C@H]2C(=O)NCCc2ccc3c(c2)OCO3)CC1. The summed E-state index contributed by atoms with van der Waals surface area (Å²) in [6.07, 6.45) is 5.04. The molecule has 0 aromatic heterocycles. The van der Waals surface area contributed by atoms with Crippen LogP contribution in [0.5, 0.6) is 11.5 Å². The summed E-state index contributed by atoms with van der Waals surface area (Å²) < 4.78 is 10.9. The van der Waals surface area contributed by atoms with Crippen molar-refractivity contribution < 1.29 is 14.3 Å². The number of carbonyl (C=O) groups excluding carboxylic acids is 1. The van der Waals surface area contributed by atoms with Crippen molar-refractivity contribution in [3.63, 3.8) is 0 Å². The minimum Gasteiger partial charge on any atom is -0.454 e. The molecule has 3 aliphatic heterocycles. The monoisotopic (exact) mass is 526 g/mol. The van der Waals surface area contributed by atoms with Crippen LogP contribution in [-0.2, 0) is 17.8 Å². The van der Waals surface area contributed by atoms with E-state index in [-0.39, 0.29) is 24.8 Å². The van der Waals surface area contributed by atoms with Crippen LogP contribution in [0.15, 0.2) is 42.5 Å². The summed E-state index contributed by atoms with van der Waals surface area (Å²) in [6.45, 7) is 8.19. The second-order valence-electron chi connectivity index (χ2n) is 10.5. The van der Waals surface area contributed by atoms with E-state index in [9.17, 15) is 4.79 Å². The maximum Gasteiger partial charge on any atom is 0.237 e. The highest BCUT2D eigenvalue weighted by Gasteiger charge is 2.40. The molecule has 2 fully saturated rings. The van der Waals surface area contributed by atoms with Gasteiger partial charge in [0, 0.05) is 36.7 Å². The number of fused-ring (bicyclic) bond motifs is 1. The fourth-order valence-electron chi connectivity index (χ4n) is 5.91. The Bertz CT molecular complexity index is 1060. The molecule has 0 saturated carbocycles. The van der Waals surface area contributed by atoms with Crippen LogP contribution in [0.3, 0.4) is 0 Å². The molecule has 7 nitrogen and oxygen atoms in total. The molecule has 0 spiro atoms. The highest BCUT2D eigenvalue weighted by molar-refractivity contribution is 6.30. The molecule has 2 aromatic rings. The maximum atomic E-state index is 13.5. The minimum absolute atomic E-state index is 0.101. The van der Waals surface area contributed by atoms with Crippen LogP contribution >= 0.6 is 11.6 Å². The van der Waals surface area contributed by atoms with Crippen molar-refractivity contribution in [2.75, 3.05) is 39.5 Å². The number of nitrogens with one attached hydrogen (secondary N) is 2. The molecule has 0 unspecified atom stereocenters. The summed E-state index contributed by atoms with van der Waals surface area (Å²) in [5.74, 6) is 1.72. The van der Waals surface area contributed by atoms with Gasteiger partial charge in [-0.25, -0.2) is 0 Å². The standard InChI is InChI=1S/C29H39ClN4O3/c1-2-12-33-13-9-25(10-14-33)34-19-24(32-18-22-4-3-5-23(30)15-22)17-26(34)29(35)31-11-8-21-6-7-27-28(16-21)37-20-36-27/h3-7,15-16,24-26,32H,2,8-14,17-20H2,1H3,(H,31,35)/t24-,26-/m0/s1. The second-order valence-corrected chi connectivity index (χ2v) is 10.9. The first-order valence-electron chi connectivity index (χ1n) is 13.7. The van der Waals surface area contributed by atoms with Gasteiger partial charge in [0.2, 0.25) is 12.7 Å². The van der Waals surface area contributed by atoms with Gasteiger partial charge in [0.05, 0.1) is 6.04 Å². The van der Waals surface area contributed by atoms with Crippen molar-refractivity contribution in [3.8, 4) is 11.5 Å². The van der Waals surface area contributed by atoms with E-state index in [2.05, 4.69) is 33.4 Å². The van der Waals surface area contributed by atoms with E-state index in [4.69, 9.17) is 21.1 Å². The van der Waals surface area contributed by atoms with Crippen molar-refractivity contribution in [3.05, 3.63) is 58.6 Å². The molecule has 0 radical (unpaired) electrons. The van der Waals surface area contributed by atoms with Crippen LogP contribution in [0.2, 0.25) is 5.02 Å². The van der Waals surface area contributed by atoms with Gasteiger partial charge in [0.25, 0.3) is 0 Å². The van der Waals surface area contributed by atoms with Gasteiger partial charge in [-0.3, -0.25) is 9.69 Å². The molecule has 200 valence electrons. The maximum absolute atomic E-state index is 13.5. The average molecular weight is 527 g/mol. The Morgan fingerprint density at radius 1 is 1.08 bits per heavy atom. The number of benzene rings is 2. The smallest absolute Gasteiger partial charge is 0.237 e. The number of hydrogen-bond donors (Lipinski definition) is 2. The van der Waals surface area contributed by atoms with Crippen molar-refractivity contribution in [1.29, 1.82) is 0 Å². The quantitative estimate of drug-likeness (QED) is 0.490. The number of ether oxygens (including phenoxy) is 2. The van der Waals surface area contributed by atoms with Gasteiger partial charge in [-0.1, -0.05) is 36.7 Å². The molecular weight excluding hydrogens is 488 g/mol. The average Bonchev–Trinajstić information content (AvgIpc) is 3.55. The predicted octanol–water partition coefficient (Wildman–Crippen LogP) is 3.83. The number of carbonyl (C=O) groups is 1. The third-order valence-electron chi connectivity index (χ3n) is 7.84. The summed E-state index contributed by atoms with van der Waals surface area (Å²) in [6, 6.07) is 14.6. The van der Waals surface area contributed by atoms with Gasteiger partial charge in [0.15, 0.2) is 11.5 Å². The second kappa shape index (κ2) is 12.5. The number of piperidine rings is 1. The van der Waals surface area contributed by atoms with Crippen molar-refractivity contribution in [2.45, 2.75) is 63.7 Å². The predicted molar refractivity (Wildman–Crippen MR) is 146 cm³/mol. The molecule has 1 amide bonds. The molecule has 8 heteroatoms. The first-order chi connectivity index (χ1) is 18.1. The lowest BCUT2D eigenvalue weighted by Gasteiger charge is -2.39. The van der Waals surface area contributed by atoms with E-state index < -0.39 is 0 Å². The van der Waals surface area contributed by atoms with E-state index in [0.29, 0.717) is 12.6 Å². The number of amides is 1. The molecule has 0 bridgehead atoms. The normalized spacial score (nSPS) is 22.4. The van der Waals surface area contributed by atoms with Crippen LogP contribution in [0.25, 0.3) is 0 Å². The van der Waals surface area contributed by atoms with Crippen LogP contribution in [0.1, 0.15) is 43.7 Å². The minimum atomic E-state index is -0.101. The number of nitrogens with zero attached hydrogens (tertiary/aromatic N) is 2. The summed E-state index contributed by atoms with van der Waals surface area (Å²) >= 11 is 6.18. The molecule has 5 rings (SSSR count). The Hall–Kier alpha value is -2.32. The zero-order valence-corrected chi connectivity index (χ0v) is 22.5. The van der Waals surface area contributed by atoms with E-state index in [0.717, 1.165) is 73.9 Å². The summed E-state index contributed by atoms with van der Waals surface area (Å²) in [5, 5.41) is 7.69. The largest absolute Gasteiger partial charge is 0.454 e. The van der Waals surface area contributed by atoms with Gasteiger partial charge >= 0.3 is 0 Å². The molecule has 2 aromatic carbocycles. The van der Waals surface area contributed by atoms with Gasteiger partial charge in [-0.2, -0.15) is 0 Å². The summed E-state index contributed by atoms with van der Waals surface area (Å²) in [4.78, 5) is 18.5. The molecule has 0 aliphatic carbocycles. The first-order valence-corrected chi connectivity index (χ1v) is 14.1.